The van der Waals surface area contributed by atoms with Crippen LogP contribution in [-0.4, -0.2) is 80.3 Å². The fourth-order valence-electron chi connectivity index (χ4n) is 7.75. The van der Waals surface area contributed by atoms with Gasteiger partial charge in [0.15, 0.2) is 11.6 Å². The van der Waals surface area contributed by atoms with E-state index in [-0.39, 0.29) is 59.9 Å². The van der Waals surface area contributed by atoms with Crippen LogP contribution in [0.5, 0.6) is 0 Å². The number of carbonyl (C=O) groups excluding carboxylic acids is 4. The SMILES string of the molecule is O=C(O)c1cc(-c2ccc(C(=O)O)c(C(=O)OCCc3ccc(C(=O)C4(O)CCCCC4)cc3)c2)ccc1C(=O)OCCc1ccc(C(=O)C2(O)CCCCC2)cc1. The summed E-state index contributed by atoms with van der Waals surface area (Å²) < 4.78 is 10.8. The minimum Gasteiger partial charge on any atom is -0.478 e. The first-order valence-corrected chi connectivity index (χ1v) is 19.6. The Morgan fingerprint density at radius 2 is 0.845 bits per heavy atom. The van der Waals surface area contributed by atoms with Crippen LogP contribution in [0, 0.1) is 0 Å². The van der Waals surface area contributed by atoms with Gasteiger partial charge in [-0.15, -0.1) is 0 Å². The van der Waals surface area contributed by atoms with E-state index >= 15 is 0 Å². The van der Waals surface area contributed by atoms with E-state index in [1.807, 2.05) is 0 Å². The summed E-state index contributed by atoms with van der Waals surface area (Å²) in [5, 5.41) is 41.4. The summed E-state index contributed by atoms with van der Waals surface area (Å²) in [5.74, 6) is -5.17. The Kier molecular flexibility index (Phi) is 13.0. The molecule has 4 aromatic carbocycles. The molecule has 0 heterocycles. The van der Waals surface area contributed by atoms with Crippen LogP contribution >= 0.6 is 0 Å². The monoisotopic (exact) mass is 790 g/mol. The van der Waals surface area contributed by atoms with Gasteiger partial charge >= 0.3 is 23.9 Å². The van der Waals surface area contributed by atoms with E-state index < -0.39 is 35.1 Å². The molecule has 4 aromatic rings. The van der Waals surface area contributed by atoms with E-state index in [1.165, 1.54) is 36.4 Å². The molecule has 0 atom stereocenters. The normalized spacial score (nSPS) is 15.8. The first-order valence-electron chi connectivity index (χ1n) is 19.6. The molecule has 4 N–H and O–H groups in total. The maximum Gasteiger partial charge on any atom is 0.339 e. The molecule has 2 saturated carbocycles. The number of hydrogen-bond acceptors (Lipinski definition) is 10. The lowest BCUT2D eigenvalue weighted by molar-refractivity contribution is 0.0116. The average molecular weight is 791 g/mol. The molecule has 0 spiro atoms. The smallest absolute Gasteiger partial charge is 0.339 e. The van der Waals surface area contributed by atoms with Crippen LogP contribution in [0.15, 0.2) is 84.9 Å². The van der Waals surface area contributed by atoms with Crippen LogP contribution in [0.2, 0.25) is 0 Å². The van der Waals surface area contributed by atoms with E-state index in [4.69, 9.17) is 9.47 Å². The number of carboxylic acids is 2. The Bertz CT molecular complexity index is 2190. The third-order valence-corrected chi connectivity index (χ3v) is 11.2. The van der Waals surface area contributed by atoms with Gasteiger partial charge in [0.1, 0.15) is 11.2 Å². The van der Waals surface area contributed by atoms with Crippen molar-refractivity contribution in [2.75, 3.05) is 13.2 Å². The molecule has 0 aliphatic heterocycles. The van der Waals surface area contributed by atoms with Crippen molar-refractivity contribution in [3.05, 3.63) is 129 Å². The van der Waals surface area contributed by atoms with Crippen molar-refractivity contribution in [2.24, 2.45) is 0 Å². The van der Waals surface area contributed by atoms with Crippen LogP contribution in [0.4, 0.5) is 0 Å². The topological polar surface area (TPSA) is 202 Å². The van der Waals surface area contributed by atoms with Gasteiger partial charge in [0.2, 0.25) is 0 Å². The Morgan fingerprint density at radius 3 is 1.26 bits per heavy atom. The summed E-state index contributed by atoms with van der Waals surface area (Å²) in [6, 6.07) is 21.3. The Hall–Kier alpha value is -5.98. The average Bonchev–Trinajstić information content (AvgIpc) is 3.23. The van der Waals surface area contributed by atoms with Gasteiger partial charge in [0.05, 0.1) is 35.5 Å². The number of carbonyl (C=O) groups is 6. The van der Waals surface area contributed by atoms with Crippen molar-refractivity contribution >= 4 is 35.4 Å². The number of ketones is 2. The molecule has 58 heavy (non-hydrogen) atoms. The van der Waals surface area contributed by atoms with Gasteiger partial charge in [-0.2, -0.15) is 0 Å². The number of esters is 2. The zero-order valence-electron chi connectivity index (χ0n) is 32.0. The molecule has 0 aromatic heterocycles. The molecule has 12 heteroatoms. The Labute approximate surface area is 335 Å². The van der Waals surface area contributed by atoms with Crippen LogP contribution in [0.1, 0.15) is 137 Å². The summed E-state index contributed by atoms with van der Waals surface area (Å²) >= 11 is 0. The van der Waals surface area contributed by atoms with E-state index in [2.05, 4.69) is 0 Å². The Balaban J connectivity index is 1.07. The molecular weight excluding hydrogens is 744 g/mol. The molecule has 302 valence electrons. The second-order valence-electron chi connectivity index (χ2n) is 15.1. The van der Waals surface area contributed by atoms with Gasteiger partial charge in [-0.1, -0.05) is 99.2 Å². The van der Waals surface area contributed by atoms with Crippen molar-refractivity contribution in [3.8, 4) is 11.1 Å². The summed E-state index contributed by atoms with van der Waals surface area (Å²) in [4.78, 5) is 76.4. The lowest BCUT2D eigenvalue weighted by atomic mass is 9.79. The predicted octanol–water partition coefficient (Wildman–Crippen LogP) is 7.30. The summed E-state index contributed by atoms with van der Waals surface area (Å²) in [5.41, 5.74) is -0.921. The van der Waals surface area contributed by atoms with Gasteiger partial charge in [-0.3, -0.25) is 9.59 Å². The van der Waals surface area contributed by atoms with Gasteiger partial charge in [-0.05, 0) is 72.2 Å². The van der Waals surface area contributed by atoms with Crippen molar-refractivity contribution in [1.29, 1.82) is 0 Å². The highest BCUT2D eigenvalue weighted by Crippen LogP contribution is 2.33. The van der Waals surface area contributed by atoms with Gasteiger partial charge in [0.25, 0.3) is 0 Å². The van der Waals surface area contributed by atoms with E-state index in [9.17, 15) is 49.2 Å². The van der Waals surface area contributed by atoms with E-state index in [0.29, 0.717) is 47.9 Å². The number of aromatic carboxylic acids is 2. The van der Waals surface area contributed by atoms with E-state index in [1.54, 1.807) is 48.5 Å². The first kappa shape index (κ1) is 41.6. The van der Waals surface area contributed by atoms with Crippen molar-refractivity contribution in [2.45, 2.75) is 88.3 Å². The molecule has 2 aliphatic carbocycles. The van der Waals surface area contributed by atoms with Crippen LogP contribution in [0.3, 0.4) is 0 Å². The number of Topliss-reactive ketones (excluding diaryl/α,β-unsaturated/α-hetero) is 2. The second kappa shape index (κ2) is 18.1. The third kappa shape index (κ3) is 9.58. The number of ether oxygens (including phenoxy) is 2. The minimum absolute atomic E-state index is 0.0751. The molecule has 2 fully saturated rings. The predicted molar refractivity (Wildman–Crippen MR) is 211 cm³/mol. The number of carboxylic acid groups (broad SMARTS) is 2. The molecule has 0 radical (unpaired) electrons. The van der Waals surface area contributed by atoms with Crippen LogP contribution in [-0.2, 0) is 22.3 Å². The van der Waals surface area contributed by atoms with Crippen LogP contribution in [0.25, 0.3) is 11.1 Å². The first-order chi connectivity index (χ1) is 27.8. The molecule has 0 saturated heterocycles. The summed E-state index contributed by atoms with van der Waals surface area (Å²) in [7, 11) is 0. The molecule has 0 amide bonds. The fraction of sp³-hybridized carbons (Fsp3) is 0.348. The summed E-state index contributed by atoms with van der Waals surface area (Å²) in [6.45, 7) is -0.178. The maximum atomic E-state index is 13.2. The quantitative estimate of drug-likeness (QED) is 0.0692. The number of hydrogen-bond donors (Lipinski definition) is 4. The highest BCUT2D eigenvalue weighted by molar-refractivity contribution is 6.06. The second-order valence-corrected chi connectivity index (χ2v) is 15.1. The zero-order valence-corrected chi connectivity index (χ0v) is 32.0. The zero-order chi connectivity index (χ0) is 41.5. The van der Waals surface area contributed by atoms with Crippen molar-refractivity contribution < 1.29 is 58.7 Å². The number of aliphatic hydroxyl groups is 2. The van der Waals surface area contributed by atoms with Gasteiger partial charge in [0, 0.05) is 24.0 Å². The minimum atomic E-state index is -1.40. The maximum absolute atomic E-state index is 13.2. The molecule has 0 bridgehead atoms. The van der Waals surface area contributed by atoms with Gasteiger partial charge in [-0.25, -0.2) is 19.2 Å². The molecule has 2 aliphatic rings. The number of rotatable bonds is 15. The fourth-order valence-corrected chi connectivity index (χ4v) is 7.75. The summed E-state index contributed by atoms with van der Waals surface area (Å²) in [6.07, 6.45) is 7.47. The number of benzene rings is 4. The molecular formula is C46H46O12. The largest absolute Gasteiger partial charge is 0.478 e. The molecule has 6 rings (SSSR count). The van der Waals surface area contributed by atoms with Crippen molar-refractivity contribution in [1.82, 2.24) is 0 Å². The Morgan fingerprint density at radius 1 is 0.466 bits per heavy atom. The standard InChI is InChI=1S/C46H46O12/c47-39(45(55)21-3-1-4-22-45)31-11-7-29(8-12-31)19-25-57-43(53)36-18-16-33(27-37(36)42(51)52)34-15-17-35(41(49)50)38(28-34)44(54)58-26-20-30-9-13-32(14-10-30)40(48)46(56)23-5-2-6-24-46/h7-18,27-28,55-56H,1-6,19-26H2,(H,49,50)(H,51,52). The highest BCUT2D eigenvalue weighted by atomic mass is 16.5. The third-order valence-electron chi connectivity index (χ3n) is 11.2. The van der Waals surface area contributed by atoms with E-state index in [0.717, 1.165) is 49.7 Å². The van der Waals surface area contributed by atoms with Crippen molar-refractivity contribution in [3.63, 3.8) is 0 Å². The lowest BCUT2D eigenvalue weighted by Crippen LogP contribution is -2.40. The molecule has 12 nitrogen and oxygen atoms in total. The van der Waals surface area contributed by atoms with Gasteiger partial charge < -0.3 is 29.9 Å². The van der Waals surface area contributed by atoms with Crippen LogP contribution < -0.4 is 0 Å². The molecule has 0 unspecified atom stereocenters. The lowest BCUT2D eigenvalue weighted by Gasteiger charge is -2.30. The highest BCUT2D eigenvalue weighted by Gasteiger charge is 2.38.